The van der Waals surface area contributed by atoms with Gasteiger partial charge in [-0.25, -0.2) is 4.98 Å². The number of aromatic nitrogens is 1. The average molecular weight is 629 g/mol. The van der Waals surface area contributed by atoms with Gasteiger partial charge in [0.05, 0.1) is 20.9 Å². The summed E-state index contributed by atoms with van der Waals surface area (Å²) in [5.41, 5.74) is 3.23. The molecule has 0 unspecified atom stereocenters. The van der Waals surface area contributed by atoms with E-state index < -0.39 is 5.91 Å². The minimum absolute atomic E-state index is 0.160. The van der Waals surface area contributed by atoms with E-state index in [0.29, 0.717) is 27.1 Å². The lowest BCUT2D eigenvalue weighted by molar-refractivity contribution is -0.115. The highest BCUT2D eigenvalue weighted by Gasteiger charge is 2.13. The van der Waals surface area contributed by atoms with Crippen molar-refractivity contribution in [3.63, 3.8) is 0 Å². The maximum Gasteiger partial charge on any atom is 0.250 e. The molecule has 0 saturated carbocycles. The van der Waals surface area contributed by atoms with Crippen LogP contribution < -0.4 is 10.6 Å². The Kier molecular flexibility index (Phi) is 7.73. The number of nitrogens with zero attached hydrogens (tertiary/aromatic N) is 1. The highest BCUT2D eigenvalue weighted by Crippen LogP contribution is 2.36. The molecule has 10 heteroatoms. The molecule has 5 nitrogen and oxygen atoms in total. The number of nitrogens with one attached hydrogen (secondary N) is 2. The molecule has 2 heterocycles. The number of halogens is 3. The van der Waals surface area contributed by atoms with Crippen LogP contribution in [0.3, 0.4) is 0 Å². The first-order chi connectivity index (χ1) is 17.9. The van der Waals surface area contributed by atoms with E-state index >= 15 is 0 Å². The van der Waals surface area contributed by atoms with Gasteiger partial charge < -0.3 is 9.73 Å². The summed E-state index contributed by atoms with van der Waals surface area (Å²) >= 11 is 22.7. The van der Waals surface area contributed by atoms with E-state index in [0.717, 1.165) is 30.9 Å². The number of thiocarbonyl (C=S) groups is 1. The lowest BCUT2D eigenvalue weighted by Crippen LogP contribution is -2.32. The summed E-state index contributed by atoms with van der Waals surface area (Å²) in [5.74, 6) is 0.649. The number of fused-ring (bicyclic) bond motifs is 1. The molecule has 0 aliphatic rings. The van der Waals surface area contributed by atoms with Crippen molar-refractivity contribution in [3.05, 3.63) is 99.2 Å². The van der Waals surface area contributed by atoms with E-state index in [9.17, 15) is 4.79 Å². The normalized spacial score (nSPS) is 11.2. The Morgan fingerprint density at radius 3 is 2.68 bits per heavy atom. The molecule has 1 amide bonds. The molecule has 3 aromatic carbocycles. The zero-order valence-corrected chi connectivity index (χ0v) is 23.5. The van der Waals surface area contributed by atoms with E-state index in [1.807, 2.05) is 42.5 Å². The van der Waals surface area contributed by atoms with Gasteiger partial charge >= 0.3 is 0 Å². The number of rotatable bonds is 5. The molecule has 37 heavy (non-hydrogen) atoms. The molecule has 5 aromatic rings. The fourth-order valence-corrected chi connectivity index (χ4v) is 5.60. The second-order valence-electron chi connectivity index (χ2n) is 7.78. The zero-order valence-electron chi connectivity index (χ0n) is 18.8. The van der Waals surface area contributed by atoms with E-state index in [1.165, 1.54) is 6.08 Å². The van der Waals surface area contributed by atoms with Crippen LogP contribution in [0.5, 0.6) is 0 Å². The van der Waals surface area contributed by atoms with Crippen molar-refractivity contribution in [3.8, 4) is 21.9 Å². The number of furan rings is 1. The van der Waals surface area contributed by atoms with Crippen molar-refractivity contribution >= 4 is 95.7 Å². The number of thiazole rings is 1. The van der Waals surface area contributed by atoms with Gasteiger partial charge in [0, 0.05) is 26.7 Å². The smallest absolute Gasteiger partial charge is 0.250 e. The van der Waals surface area contributed by atoms with E-state index in [4.69, 9.17) is 44.8 Å². The summed E-state index contributed by atoms with van der Waals surface area (Å²) in [6.45, 7) is 0. The van der Waals surface area contributed by atoms with Crippen LogP contribution in [0.1, 0.15) is 5.76 Å². The average Bonchev–Trinajstić information content (AvgIpc) is 3.51. The largest absolute Gasteiger partial charge is 0.457 e. The van der Waals surface area contributed by atoms with Crippen LogP contribution in [0.4, 0.5) is 5.69 Å². The van der Waals surface area contributed by atoms with Crippen molar-refractivity contribution in [2.75, 3.05) is 5.32 Å². The lowest BCUT2D eigenvalue weighted by Gasteiger charge is -2.12. The summed E-state index contributed by atoms with van der Waals surface area (Å²) in [5, 5.41) is 7.79. The third kappa shape index (κ3) is 6.11. The molecule has 0 saturated heterocycles. The van der Waals surface area contributed by atoms with Crippen molar-refractivity contribution in [1.82, 2.24) is 10.3 Å². The quantitative estimate of drug-likeness (QED) is 0.150. The summed E-state index contributed by atoms with van der Waals surface area (Å²) in [6, 6.07) is 22.4. The Morgan fingerprint density at radius 1 is 1.03 bits per heavy atom. The van der Waals surface area contributed by atoms with Crippen LogP contribution >= 0.6 is 62.7 Å². The molecule has 0 bridgehead atoms. The predicted octanol–water partition coefficient (Wildman–Crippen LogP) is 8.82. The van der Waals surface area contributed by atoms with Crippen LogP contribution in [0.2, 0.25) is 10.0 Å². The van der Waals surface area contributed by atoms with E-state index in [-0.39, 0.29) is 5.11 Å². The fourth-order valence-electron chi connectivity index (χ4n) is 3.53. The Hall–Kier alpha value is -3.01. The first-order valence-electron chi connectivity index (χ1n) is 10.9. The Bertz CT molecular complexity index is 1650. The molecule has 2 aromatic heterocycles. The summed E-state index contributed by atoms with van der Waals surface area (Å²) in [7, 11) is 0. The lowest BCUT2D eigenvalue weighted by atomic mass is 10.2. The molecule has 0 aliphatic carbocycles. The van der Waals surface area contributed by atoms with Crippen LogP contribution in [0.25, 0.3) is 38.2 Å². The maximum atomic E-state index is 12.5. The molecule has 5 rings (SSSR count). The molecule has 0 atom stereocenters. The molecule has 0 spiro atoms. The third-order valence-corrected chi connectivity index (χ3v) is 7.53. The topological polar surface area (TPSA) is 67.2 Å². The summed E-state index contributed by atoms with van der Waals surface area (Å²) in [4.78, 5) is 17.2. The first-order valence-corrected chi connectivity index (χ1v) is 13.6. The number of hydrogen-bond donors (Lipinski definition) is 2. The Balaban J connectivity index is 1.26. The molecule has 0 aliphatic heterocycles. The zero-order chi connectivity index (χ0) is 25.9. The second-order valence-corrected chi connectivity index (χ2v) is 11.0. The van der Waals surface area contributed by atoms with Gasteiger partial charge in [-0.3, -0.25) is 10.1 Å². The predicted molar refractivity (Wildman–Crippen MR) is 160 cm³/mol. The van der Waals surface area contributed by atoms with Crippen LogP contribution in [-0.4, -0.2) is 16.0 Å². The van der Waals surface area contributed by atoms with Crippen molar-refractivity contribution < 1.29 is 9.21 Å². The Morgan fingerprint density at radius 2 is 1.86 bits per heavy atom. The van der Waals surface area contributed by atoms with Gasteiger partial charge in [-0.1, -0.05) is 51.3 Å². The standard InChI is InChI=1S/C27H16BrCl2N3O2S2/c28-15-5-10-21(19(13-15)26-31-22-3-1-2-4-24(22)37-26)32-27(36)33-25(34)12-8-17-7-11-23(35-17)18-9-6-16(29)14-20(18)30/h1-14H,(H2,32,33,34,36). The van der Waals surface area contributed by atoms with Gasteiger partial charge in [-0.05, 0) is 79.0 Å². The molecule has 0 radical (unpaired) electrons. The highest BCUT2D eigenvalue weighted by atomic mass is 79.9. The summed E-state index contributed by atoms with van der Waals surface area (Å²) < 4.78 is 7.78. The SMILES string of the molecule is O=C(C=Cc1ccc(-c2ccc(Cl)cc2Cl)o1)NC(=S)Nc1ccc(Br)cc1-c1nc2ccccc2s1. The number of carbonyl (C=O) groups excluding carboxylic acids is 1. The number of anilines is 1. The van der Waals surface area contributed by atoms with Crippen molar-refractivity contribution in [1.29, 1.82) is 0 Å². The van der Waals surface area contributed by atoms with E-state index in [2.05, 4.69) is 26.6 Å². The minimum Gasteiger partial charge on any atom is -0.457 e. The number of benzene rings is 3. The van der Waals surface area contributed by atoms with Gasteiger partial charge in [0.15, 0.2) is 5.11 Å². The molecule has 2 N–H and O–H groups in total. The van der Waals surface area contributed by atoms with Crippen LogP contribution in [0, 0.1) is 0 Å². The van der Waals surface area contributed by atoms with Crippen molar-refractivity contribution in [2.45, 2.75) is 0 Å². The number of carbonyl (C=O) groups is 1. The first kappa shape index (κ1) is 25.6. The van der Waals surface area contributed by atoms with Gasteiger partial charge in [0.1, 0.15) is 16.5 Å². The second kappa shape index (κ2) is 11.2. The van der Waals surface area contributed by atoms with Crippen LogP contribution in [0.15, 0.2) is 87.8 Å². The maximum absolute atomic E-state index is 12.5. The van der Waals surface area contributed by atoms with E-state index in [1.54, 1.807) is 47.7 Å². The number of para-hydroxylation sites is 1. The summed E-state index contributed by atoms with van der Waals surface area (Å²) in [6.07, 6.45) is 2.90. The van der Waals surface area contributed by atoms with Gasteiger partial charge in [-0.2, -0.15) is 0 Å². The monoisotopic (exact) mass is 627 g/mol. The molecular weight excluding hydrogens is 613 g/mol. The van der Waals surface area contributed by atoms with Gasteiger partial charge in [0.25, 0.3) is 0 Å². The molecule has 0 fully saturated rings. The molecular formula is C27H16BrCl2N3O2S2. The number of hydrogen-bond acceptors (Lipinski definition) is 5. The Labute approximate surface area is 240 Å². The fraction of sp³-hybridized carbons (Fsp3) is 0. The van der Waals surface area contributed by atoms with Crippen molar-refractivity contribution in [2.24, 2.45) is 0 Å². The molecule has 184 valence electrons. The minimum atomic E-state index is -0.404. The highest BCUT2D eigenvalue weighted by molar-refractivity contribution is 9.10. The van der Waals surface area contributed by atoms with Crippen LogP contribution in [-0.2, 0) is 4.79 Å². The third-order valence-electron chi connectivity index (χ3n) is 5.21. The van der Waals surface area contributed by atoms with Gasteiger partial charge in [-0.15, -0.1) is 11.3 Å². The van der Waals surface area contributed by atoms with Gasteiger partial charge in [0.2, 0.25) is 5.91 Å². The number of amides is 1.